The van der Waals surface area contributed by atoms with E-state index in [1.807, 2.05) is 0 Å². The van der Waals surface area contributed by atoms with Gasteiger partial charge in [0.25, 0.3) is 5.91 Å². The van der Waals surface area contributed by atoms with Crippen molar-refractivity contribution < 1.29 is 13.2 Å². The Morgan fingerprint density at radius 1 is 1.20 bits per heavy atom. The van der Waals surface area contributed by atoms with Gasteiger partial charge in [-0.05, 0) is 44.2 Å². The number of amides is 1. The molecule has 2 aliphatic rings. The summed E-state index contributed by atoms with van der Waals surface area (Å²) in [4.78, 5) is 19.4. The van der Waals surface area contributed by atoms with Crippen LogP contribution in [0.25, 0.3) is 0 Å². The fraction of sp³-hybridized carbons (Fsp3) is 0.647. The lowest BCUT2D eigenvalue weighted by atomic mass is 10.1. The Morgan fingerprint density at radius 2 is 1.96 bits per heavy atom. The standard InChI is InChI=1S/C17H26N4O3S/c1-25(23,24)21-12-6-7-14(13-21)19-17(22)15-8-5-9-18-16(15)20-10-3-2-4-11-20/h5,8-9,14H,2-4,6-7,10-13H2,1H3,(H,19,22). The maximum Gasteiger partial charge on any atom is 0.255 e. The number of carbonyl (C=O) groups excluding carboxylic acids is 1. The second kappa shape index (κ2) is 7.70. The van der Waals surface area contributed by atoms with Gasteiger partial charge in [-0.15, -0.1) is 0 Å². The summed E-state index contributed by atoms with van der Waals surface area (Å²) in [6.45, 7) is 2.70. The third kappa shape index (κ3) is 4.49. The molecule has 2 saturated heterocycles. The van der Waals surface area contributed by atoms with E-state index in [1.165, 1.54) is 17.0 Å². The van der Waals surface area contributed by atoms with Crippen molar-refractivity contribution in [2.24, 2.45) is 0 Å². The van der Waals surface area contributed by atoms with E-state index in [0.717, 1.165) is 44.6 Å². The maximum absolute atomic E-state index is 12.8. The van der Waals surface area contributed by atoms with Crippen LogP contribution in [-0.4, -0.2) is 62.1 Å². The average molecular weight is 366 g/mol. The molecular formula is C17H26N4O3S. The van der Waals surface area contributed by atoms with Crippen LogP contribution >= 0.6 is 0 Å². The lowest BCUT2D eigenvalue weighted by Gasteiger charge is -2.32. The van der Waals surface area contributed by atoms with E-state index < -0.39 is 10.0 Å². The molecule has 1 aromatic rings. The van der Waals surface area contributed by atoms with Crippen molar-refractivity contribution in [3.8, 4) is 0 Å². The van der Waals surface area contributed by atoms with Crippen LogP contribution in [0, 0.1) is 0 Å². The van der Waals surface area contributed by atoms with Crippen molar-refractivity contribution in [3.05, 3.63) is 23.9 Å². The van der Waals surface area contributed by atoms with Gasteiger partial charge in [-0.1, -0.05) is 0 Å². The fourth-order valence-corrected chi connectivity index (χ4v) is 4.47. The number of hydrogen-bond acceptors (Lipinski definition) is 5. The SMILES string of the molecule is CS(=O)(=O)N1CCCC(NC(=O)c2cccnc2N2CCCCC2)C1. The Kier molecular flexibility index (Phi) is 5.58. The summed E-state index contributed by atoms with van der Waals surface area (Å²) in [5.74, 6) is 0.560. The molecule has 0 aromatic carbocycles. The van der Waals surface area contributed by atoms with Crippen LogP contribution < -0.4 is 10.2 Å². The fourth-order valence-electron chi connectivity index (χ4n) is 3.56. The molecule has 1 aromatic heterocycles. The van der Waals surface area contributed by atoms with Gasteiger partial charge in [0.2, 0.25) is 10.0 Å². The molecular weight excluding hydrogens is 340 g/mol. The summed E-state index contributed by atoms with van der Waals surface area (Å²) in [5.41, 5.74) is 0.570. The minimum absolute atomic E-state index is 0.162. The lowest BCUT2D eigenvalue weighted by molar-refractivity contribution is 0.0921. The van der Waals surface area contributed by atoms with Crippen LogP contribution in [0.15, 0.2) is 18.3 Å². The molecule has 1 amide bonds. The van der Waals surface area contributed by atoms with E-state index in [2.05, 4.69) is 15.2 Å². The van der Waals surface area contributed by atoms with Gasteiger partial charge < -0.3 is 10.2 Å². The summed E-state index contributed by atoms with van der Waals surface area (Å²) < 4.78 is 24.9. The van der Waals surface area contributed by atoms with Gasteiger partial charge in [-0.3, -0.25) is 4.79 Å². The van der Waals surface area contributed by atoms with Gasteiger partial charge in [0.15, 0.2) is 0 Å². The van der Waals surface area contributed by atoms with Crippen LogP contribution in [0.3, 0.4) is 0 Å². The van der Waals surface area contributed by atoms with Crippen molar-refractivity contribution in [1.29, 1.82) is 0 Å². The summed E-state index contributed by atoms with van der Waals surface area (Å²) in [5, 5.41) is 3.01. The molecule has 2 aliphatic heterocycles. The first kappa shape index (κ1) is 18.1. The first-order chi connectivity index (χ1) is 11.9. The molecule has 3 rings (SSSR count). The quantitative estimate of drug-likeness (QED) is 0.866. The molecule has 0 radical (unpaired) electrons. The number of hydrogen-bond donors (Lipinski definition) is 1. The second-order valence-corrected chi connectivity index (χ2v) is 8.84. The number of nitrogens with zero attached hydrogens (tertiary/aromatic N) is 3. The number of nitrogens with one attached hydrogen (secondary N) is 1. The highest BCUT2D eigenvalue weighted by atomic mass is 32.2. The summed E-state index contributed by atoms with van der Waals surface area (Å²) >= 11 is 0. The van der Waals surface area contributed by atoms with E-state index in [-0.39, 0.29) is 11.9 Å². The molecule has 7 nitrogen and oxygen atoms in total. The monoisotopic (exact) mass is 366 g/mol. The summed E-state index contributed by atoms with van der Waals surface area (Å²) in [6, 6.07) is 3.40. The smallest absolute Gasteiger partial charge is 0.255 e. The normalized spacial score (nSPS) is 22.6. The molecule has 8 heteroatoms. The lowest BCUT2D eigenvalue weighted by Crippen LogP contribution is -2.49. The number of rotatable bonds is 4. The minimum atomic E-state index is -3.22. The zero-order valence-electron chi connectivity index (χ0n) is 14.6. The number of aromatic nitrogens is 1. The minimum Gasteiger partial charge on any atom is -0.356 e. The third-order valence-corrected chi connectivity index (χ3v) is 6.14. The first-order valence-electron chi connectivity index (χ1n) is 8.91. The highest BCUT2D eigenvalue weighted by Gasteiger charge is 2.28. The highest BCUT2D eigenvalue weighted by Crippen LogP contribution is 2.22. The predicted octanol–water partition coefficient (Wildman–Crippen LogP) is 1.23. The van der Waals surface area contributed by atoms with Crippen molar-refractivity contribution in [2.45, 2.75) is 38.1 Å². The number of carbonyl (C=O) groups is 1. The van der Waals surface area contributed by atoms with E-state index in [4.69, 9.17) is 0 Å². The molecule has 0 saturated carbocycles. The first-order valence-corrected chi connectivity index (χ1v) is 10.8. The van der Waals surface area contributed by atoms with Gasteiger partial charge in [-0.2, -0.15) is 0 Å². The average Bonchev–Trinajstić information content (AvgIpc) is 2.62. The van der Waals surface area contributed by atoms with Crippen molar-refractivity contribution in [3.63, 3.8) is 0 Å². The summed E-state index contributed by atoms with van der Waals surface area (Å²) in [6.07, 6.45) is 7.92. The molecule has 138 valence electrons. The van der Waals surface area contributed by atoms with E-state index >= 15 is 0 Å². The van der Waals surface area contributed by atoms with E-state index in [0.29, 0.717) is 18.7 Å². The largest absolute Gasteiger partial charge is 0.356 e. The third-order valence-electron chi connectivity index (χ3n) is 4.88. The Balaban J connectivity index is 1.71. The molecule has 1 atom stereocenters. The molecule has 0 spiro atoms. The highest BCUT2D eigenvalue weighted by molar-refractivity contribution is 7.88. The number of sulfonamides is 1. The summed E-state index contributed by atoms with van der Waals surface area (Å²) in [7, 11) is -3.22. The molecule has 1 N–H and O–H groups in total. The predicted molar refractivity (Wildman–Crippen MR) is 97.2 cm³/mol. The van der Waals surface area contributed by atoms with Crippen LogP contribution in [0.4, 0.5) is 5.82 Å². The molecule has 1 unspecified atom stereocenters. The zero-order chi connectivity index (χ0) is 17.9. The molecule has 0 aliphatic carbocycles. The van der Waals surface area contributed by atoms with Crippen molar-refractivity contribution in [1.82, 2.24) is 14.6 Å². The van der Waals surface area contributed by atoms with Crippen LogP contribution in [-0.2, 0) is 10.0 Å². The Hall–Kier alpha value is -1.67. The van der Waals surface area contributed by atoms with Crippen molar-refractivity contribution >= 4 is 21.7 Å². The van der Waals surface area contributed by atoms with Gasteiger partial charge >= 0.3 is 0 Å². The topological polar surface area (TPSA) is 82.6 Å². The van der Waals surface area contributed by atoms with Crippen LogP contribution in [0.1, 0.15) is 42.5 Å². The molecule has 0 bridgehead atoms. The van der Waals surface area contributed by atoms with E-state index in [1.54, 1.807) is 18.3 Å². The number of anilines is 1. The molecule has 2 fully saturated rings. The molecule has 3 heterocycles. The zero-order valence-corrected chi connectivity index (χ0v) is 15.5. The molecule has 25 heavy (non-hydrogen) atoms. The van der Waals surface area contributed by atoms with Crippen LogP contribution in [0.2, 0.25) is 0 Å². The maximum atomic E-state index is 12.8. The number of pyridine rings is 1. The Bertz CT molecular complexity index is 716. The second-order valence-electron chi connectivity index (χ2n) is 6.86. The number of piperidine rings is 2. The van der Waals surface area contributed by atoms with Crippen molar-refractivity contribution in [2.75, 3.05) is 37.3 Å². The van der Waals surface area contributed by atoms with Gasteiger partial charge in [0.05, 0.1) is 11.8 Å². The van der Waals surface area contributed by atoms with Gasteiger partial charge in [0.1, 0.15) is 5.82 Å². The van der Waals surface area contributed by atoms with Gasteiger partial charge in [-0.25, -0.2) is 17.7 Å². The Labute approximate surface area is 149 Å². The van der Waals surface area contributed by atoms with Crippen LogP contribution in [0.5, 0.6) is 0 Å². The Morgan fingerprint density at radius 3 is 2.68 bits per heavy atom. The van der Waals surface area contributed by atoms with E-state index in [9.17, 15) is 13.2 Å². The van der Waals surface area contributed by atoms with Gasteiger partial charge in [0, 0.05) is 38.4 Å².